The Hall–Kier alpha value is -3.21. The Balaban J connectivity index is 1.70. The van der Waals surface area contributed by atoms with Gasteiger partial charge in [0.05, 0.1) is 0 Å². The van der Waals surface area contributed by atoms with Crippen LogP contribution < -0.4 is 9.47 Å². The molecule has 3 nitrogen and oxygen atoms in total. The van der Waals surface area contributed by atoms with Gasteiger partial charge in [-0.1, -0.05) is 24.3 Å². The van der Waals surface area contributed by atoms with E-state index in [2.05, 4.69) is 0 Å². The highest BCUT2D eigenvalue weighted by molar-refractivity contribution is 5.99. The fourth-order valence-electron chi connectivity index (χ4n) is 2.38. The lowest BCUT2D eigenvalue weighted by molar-refractivity contribution is 0.0817. The lowest BCUT2D eigenvalue weighted by atomic mass is 10.1. The summed E-state index contributed by atoms with van der Waals surface area (Å²) in [7, 11) is 0. The van der Waals surface area contributed by atoms with Crippen LogP contribution in [0, 0.1) is 11.6 Å². The van der Waals surface area contributed by atoms with Gasteiger partial charge >= 0.3 is 0 Å². The third-order valence-corrected chi connectivity index (χ3v) is 3.67. The molecule has 3 aromatic carbocycles. The number of halogens is 2. The number of carbonyl (C=O) groups is 1. The van der Waals surface area contributed by atoms with Crippen LogP contribution in [-0.2, 0) is 0 Å². The van der Waals surface area contributed by atoms with Crippen LogP contribution >= 0.6 is 0 Å². The first kappa shape index (κ1) is 17.6. The Morgan fingerprint density at radius 3 is 2.23 bits per heavy atom. The number of para-hydroxylation sites is 1. The standard InChI is InChI=1S/C21H16F2O3/c1-14(21(24)15-10-11-19(22)20(23)12-15)25-17-8-5-9-18(13-17)26-16-6-3-2-4-7-16/h2-14H,1H3. The van der Waals surface area contributed by atoms with Gasteiger partial charge in [-0.2, -0.15) is 0 Å². The van der Waals surface area contributed by atoms with Crippen LogP contribution in [0.5, 0.6) is 17.2 Å². The van der Waals surface area contributed by atoms with E-state index >= 15 is 0 Å². The molecule has 0 radical (unpaired) electrons. The lowest BCUT2D eigenvalue weighted by Crippen LogP contribution is -2.24. The molecule has 0 N–H and O–H groups in total. The highest BCUT2D eigenvalue weighted by Crippen LogP contribution is 2.26. The quantitative estimate of drug-likeness (QED) is 0.556. The minimum Gasteiger partial charge on any atom is -0.482 e. The van der Waals surface area contributed by atoms with Crippen LogP contribution in [0.25, 0.3) is 0 Å². The fraction of sp³-hybridized carbons (Fsp3) is 0.0952. The molecule has 0 aromatic heterocycles. The minimum atomic E-state index is -1.07. The van der Waals surface area contributed by atoms with Crippen LogP contribution in [0.1, 0.15) is 17.3 Å². The fourth-order valence-corrected chi connectivity index (χ4v) is 2.38. The Morgan fingerprint density at radius 1 is 0.808 bits per heavy atom. The second-order valence-corrected chi connectivity index (χ2v) is 5.64. The SMILES string of the molecule is CC(Oc1cccc(Oc2ccccc2)c1)C(=O)c1ccc(F)c(F)c1. The van der Waals surface area contributed by atoms with Crippen molar-refractivity contribution in [3.63, 3.8) is 0 Å². The van der Waals surface area contributed by atoms with Crippen molar-refractivity contribution in [2.75, 3.05) is 0 Å². The minimum absolute atomic E-state index is 0.0492. The Labute approximate surface area is 149 Å². The number of Topliss-reactive ketones (excluding diaryl/α,β-unsaturated/α-hetero) is 1. The predicted molar refractivity (Wildman–Crippen MR) is 93.7 cm³/mol. The molecule has 0 saturated heterocycles. The van der Waals surface area contributed by atoms with Crippen molar-refractivity contribution in [3.8, 4) is 17.2 Å². The summed E-state index contributed by atoms with van der Waals surface area (Å²) in [4.78, 5) is 12.3. The summed E-state index contributed by atoms with van der Waals surface area (Å²) in [5.41, 5.74) is 0.0492. The molecule has 3 aromatic rings. The zero-order valence-corrected chi connectivity index (χ0v) is 14.0. The van der Waals surface area contributed by atoms with E-state index in [-0.39, 0.29) is 5.56 Å². The summed E-state index contributed by atoms with van der Waals surface area (Å²) < 4.78 is 37.7. The molecule has 0 spiro atoms. The zero-order valence-electron chi connectivity index (χ0n) is 14.0. The average molecular weight is 354 g/mol. The molecule has 0 heterocycles. The van der Waals surface area contributed by atoms with Gasteiger partial charge in [-0.3, -0.25) is 4.79 Å². The molecule has 3 rings (SSSR count). The summed E-state index contributed by atoms with van der Waals surface area (Å²) in [6.45, 7) is 1.55. The topological polar surface area (TPSA) is 35.5 Å². The van der Waals surface area contributed by atoms with Crippen molar-refractivity contribution in [3.05, 3.63) is 90.0 Å². The molecule has 0 aliphatic carbocycles. The largest absolute Gasteiger partial charge is 0.482 e. The third kappa shape index (κ3) is 4.25. The van der Waals surface area contributed by atoms with Crippen molar-refractivity contribution < 1.29 is 23.0 Å². The van der Waals surface area contributed by atoms with E-state index in [1.54, 1.807) is 31.2 Å². The predicted octanol–water partition coefficient (Wildman–Crippen LogP) is 5.41. The van der Waals surface area contributed by atoms with Gasteiger partial charge in [-0.05, 0) is 49.4 Å². The van der Waals surface area contributed by atoms with Crippen molar-refractivity contribution in [2.45, 2.75) is 13.0 Å². The summed E-state index contributed by atoms with van der Waals surface area (Å²) >= 11 is 0. The number of benzene rings is 3. The van der Waals surface area contributed by atoms with E-state index in [4.69, 9.17) is 9.47 Å². The van der Waals surface area contributed by atoms with Crippen LogP contribution in [0.3, 0.4) is 0 Å². The van der Waals surface area contributed by atoms with Crippen LogP contribution in [-0.4, -0.2) is 11.9 Å². The lowest BCUT2D eigenvalue weighted by Gasteiger charge is -2.15. The maximum atomic E-state index is 13.3. The first-order valence-electron chi connectivity index (χ1n) is 8.02. The number of ketones is 1. The number of ether oxygens (including phenoxy) is 2. The number of carbonyl (C=O) groups excluding carboxylic acids is 1. The molecule has 1 atom stereocenters. The highest BCUT2D eigenvalue weighted by atomic mass is 19.2. The normalized spacial score (nSPS) is 11.7. The van der Waals surface area contributed by atoms with Gasteiger partial charge < -0.3 is 9.47 Å². The van der Waals surface area contributed by atoms with Gasteiger partial charge in [-0.15, -0.1) is 0 Å². The monoisotopic (exact) mass is 354 g/mol. The molecule has 5 heteroatoms. The molecule has 1 unspecified atom stereocenters. The zero-order chi connectivity index (χ0) is 18.5. The van der Waals surface area contributed by atoms with Crippen LogP contribution in [0.2, 0.25) is 0 Å². The van der Waals surface area contributed by atoms with Gasteiger partial charge in [0.25, 0.3) is 0 Å². The molecular formula is C21H16F2O3. The Kier molecular flexibility index (Phi) is 5.27. The van der Waals surface area contributed by atoms with Gasteiger partial charge in [0.15, 0.2) is 17.7 Å². The number of hydrogen-bond donors (Lipinski definition) is 0. The molecule has 132 valence electrons. The summed E-state index contributed by atoms with van der Waals surface area (Å²) in [5, 5.41) is 0. The summed E-state index contributed by atoms with van der Waals surface area (Å²) in [5.74, 6) is -0.848. The van der Waals surface area contributed by atoms with E-state index < -0.39 is 23.5 Å². The first-order chi connectivity index (χ1) is 12.5. The number of rotatable bonds is 6. The van der Waals surface area contributed by atoms with E-state index in [1.165, 1.54) is 6.07 Å². The van der Waals surface area contributed by atoms with Crippen molar-refractivity contribution in [2.24, 2.45) is 0 Å². The molecule has 0 fully saturated rings. The average Bonchev–Trinajstić information content (AvgIpc) is 2.64. The van der Waals surface area contributed by atoms with E-state index in [1.807, 2.05) is 30.3 Å². The molecule has 26 heavy (non-hydrogen) atoms. The molecule has 0 amide bonds. The molecule has 0 aliphatic rings. The number of hydrogen-bond acceptors (Lipinski definition) is 3. The van der Waals surface area contributed by atoms with E-state index in [9.17, 15) is 13.6 Å². The molecule has 0 saturated carbocycles. The Bertz CT molecular complexity index is 910. The Morgan fingerprint density at radius 2 is 1.50 bits per heavy atom. The van der Waals surface area contributed by atoms with Gasteiger partial charge in [0, 0.05) is 11.6 Å². The van der Waals surface area contributed by atoms with Crippen molar-refractivity contribution in [1.29, 1.82) is 0 Å². The van der Waals surface area contributed by atoms with Crippen molar-refractivity contribution in [1.82, 2.24) is 0 Å². The van der Waals surface area contributed by atoms with E-state index in [0.29, 0.717) is 17.2 Å². The first-order valence-corrected chi connectivity index (χ1v) is 8.02. The third-order valence-electron chi connectivity index (χ3n) is 3.67. The van der Waals surface area contributed by atoms with Crippen LogP contribution in [0.15, 0.2) is 72.8 Å². The molecular weight excluding hydrogens is 338 g/mol. The summed E-state index contributed by atoms with van der Waals surface area (Å²) in [6.07, 6.45) is -0.869. The smallest absolute Gasteiger partial charge is 0.203 e. The van der Waals surface area contributed by atoms with Gasteiger partial charge in [0.1, 0.15) is 17.2 Å². The van der Waals surface area contributed by atoms with Crippen LogP contribution in [0.4, 0.5) is 8.78 Å². The second kappa shape index (κ2) is 7.78. The van der Waals surface area contributed by atoms with Gasteiger partial charge in [0.2, 0.25) is 5.78 Å². The molecule has 0 bridgehead atoms. The summed E-state index contributed by atoms with van der Waals surface area (Å²) in [6, 6.07) is 19.1. The highest BCUT2D eigenvalue weighted by Gasteiger charge is 2.18. The van der Waals surface area contributed by atoms with Gasteiger partial charge in [-0.25, -0.2) is 8.78 Å². The van der Waals surface area contributed by atoms with Crippen molar-refractivity contribution >= 4 is 5.78 Å². The second-order valence-electron chi connectivity index (χ2n) is 5.64. The maximum absolute atomic E-state index is 13.3. The maximum Gasteiger partial charge on any atom is 0.203 e. The van der Waals surface area contributed by atoms with E-state index in [0.717, 1.165) is 12.1 Å². The molecule has 0 aliphatic heterocycles.